The molecule has 1 aromatic carbocycles. The van der Waals surface area contributed by atoms with Crippen LogP contribution in [-0.4, -0.2) is 19.4 Å². The molecule has 2 heteroatoms. The molecular weight excluding hydrogens is 222 g/mol. The van der Waals surface area contributed by atoms with Crippen LogP contribution in [0, 0.1) is 0 Å². The topological polar surface area (TPSA) is 21.6 Å². The fraction of sp³-hybridized carbons (Fsp3) is 0.312. The zero-order valence-corrected chi connectivity index (χ0v) is 11.0. The first-order valence-electron chi connectivity index (χ1n) is 6.46. The number of rotatable bonds is 2. The lowest BCUT2D eigenvalue weighted by molar-refractivity contribution is 0.162. The first kappa shape index (κ1) is 12.8. The monoisotopic (exact) mass is 241 g/mol. The SMILES string of the molecule is C1=NC2=Cc3ccccc3C(=C1)C2.CCOCC. The quantitative estimate of drug-likeness (QED) is 0.768. The van der Waals surface area contributed by atoms with E-state index in [1.165, 1.54) is 22.4 Å². The smallest absolute Gasteiger partial charge is 0.0453 e. The van der Waals surface area contributed by atoms with Crippen LogP contribution < -0.4 is 0 Å². The molecule has 1 heterocycles. The van der Waals surface area contributed by atoms with Gasteiger partial charge in [-0.05, 0) is 42.7 Å². The summed E-state index contributed by atoms with van der Waals surface area (Å²) in [5, 5.41) is 0. The second-order valence-electron chi connectivity index (χ2n) is 4.15. The van der Waals surface area contributed by atoms with Crippen LogP contribution in [0.1, 0.15) is 31.4 Å². The minimum atomic E-state index is 0.844. The number of dihydropyridines is 1. The normalized spacial score (nSPS) is 15.0. The largest absolute Gasteiger partial charge is 0.382 e. The Morgan fingerprint density at radius 1 is 1.17 bits per heavy atom. The maximum Gasteiger partial charge on any atom is 0.0453 e. The van der Waals surface area contributed by atoms with Gasteiger partial charge in [0, 0.05) is 31.5 Å². The molecule has 2 bridgehead atoms. The minimum Gasteiger partial charge on any atom is -0.382 e. The van der Waals surface area contributed by atoms with Gasteiger partial charge in [-0.3, -0.25) is 4.99 Å². The van der Waals surface area contributed by atoms with Crippen molar-refractivity contribution in [3.05, 3.63) is 47.2 Å². The van der Waals surface area contributed by atoms with E-state index in [1.54, 1.807) is 0 Å². The maximum atomic E-state index is 4.83. The van der Waals surface area contributed by atoms with Crippen molar-refractivity contribution in [3.8, 4) is 0 Å². The molecule has 3 rings (SSSR count). The second kappa shape index (κ2) is 6.31. The zero-order valence-electron chi connectivity index (χ0n) is 11.0. The average molecular weight is 241 g/mol. The lowest BCUT2D eigenvalue weighted by Gasteiger charge is -2.19. The summed E-state index contributed by atoms with van der Waals surface area (Å²) in [5.74, 6) is 0. The summed E-state index contributed by atoms with van der Waals surface area (Å²) < 4.78 is 4.83. The van der Waals surface area contributed by atoms with E-state index in [2.05, 4.69) is 41.4 Å². The fourth-order valence-electron chi connectivity index (χ4n) is 2.09. The van der Waals surface area contributed by atoms with Gasteiger partial charge in [-0.25, -0.2) is 0 Å². The standard InChI is InChI=1S/C12H9N.C4H10O/c1-2-4-12-9(3-1)7-11-8-10(12)5-6-13-11;1-3-5-4-2/h1-7H,8H2;3-4H2,1-2H3. The van der Waals surface area contributed by atoms with Crippen molar-refractivity contribution < 1.29 is 4.74 Å². The number of hydrogen-bond donors (Lipinski definition) is 0. The predicted molar refractivity (Wildman–Crippen MR) is 77.7 cm³/mol. The summed E-state index contributed by atoms with van der Waals surface area (Å²) in [7, 11) is 0. The minimum absolute atomic E-state index is 0.844. The van der Waals surface area contributed by atoms with Gasteiger partial charge in [0.25, 0.3) is 0 Å². The van der Waals surface area contributed by atoms with Crippen molar-refractivity contribution in [1.29, 1.82) is 0 Å². The molecule has 1 aliphatic carbocycles. The van der Waals surface area contributed by atoms with Crippen molar-refractivity contribution in [2.75, 3.05) is 13.2 Å². The molecule has 2 aliphatic rings. The van der Waals surface area contributed by atoms with Crippen LogP contribution in [0.5, 0.6) is 0 Å². The molecular formula is C16H19NO. The Morgan fingerprint density at radius 2 is 1.94 bits per heavy atom. The average Bonchev–Trinajstić information content (AvgIpc) is 2.41. The Hall–Kier alpha value is -1.67. The van der Waals surface area contributed by atoms with Gasteiger partial charge in [0.15, 0.2) is 0 Å². The molecule has 0 N–H and O–H groups in total. The molecule has 0 saturated carbocycles. The third-order valence-corrected chi connectivity index (χ3v) is 2.92. The highest BCUT2D eigenvalue weighted by Crippen LogP contribution is 2.34. The van der Waals surface area contributed by atoms with Gasteiger partial charge in [0.1, 0.15) is 0 Å². The van der Waals surface area contributed by atoms with E-state index in [0.29, 0.717) is 0 Å². The van der Waals surface area contributed by atoms with Gasteiger partial charge < -0.3 is 4.74 Å². The summed E-state index contributed by atoms with van der Waals surface area (Å²) in [5.41, 5.74) is 5.23. The van der Waals surface area contributed by atoms with E-state index in [9.17, 15) is 0 Å². The number of allylic oxidation sites excluding steroid dienone is 2. The van der Waals surface area contributed by atoms with Crippen LogP contribution in [0.2, 0.25) is 0 Å². The van der Waals surface area contributed by atoms with Crippen molar-refractivity contribution >= 4 is 17.9 Å². The molecule has 94 valence electrons. The molecule has 0 spiro atoms. The number of fused-ring (bicyclic) bond motifs is 4. The van der Waals surface area contributed by atoms with Crippen molar-refractivity contribution in [2.45, 2.75) is 20.3 Å². The number of aliphatic imine (C=N–C) groups is 1. The molecule has 0 saturated heterocycles. The number of benzene rings is 1. The number of hydrogen-bond acceptors (Lipinski definition) is 2. The van der Waals surface area contributed by atoms with Crippen molar-refractivity contribution in [1.82, 2.24) is 0 Å². The second-order valence-corrected chi connectivity index (χ2v) is 4.15. The third kappa shape index (κ3) is 2.96. The van der Waals surface area contributed by atoms with E-state index < -0.39 is 0 Å². The summed E-state index contributed by atoms with van der Waals surface area (Å²) in [4.78, 5) is 4.31. The van der Waals surface area contributed by atoms with Gasteiger partial charge in [0.2, 0.25) is 0 Å². The van der Waals surface area contributed by atoms with Gasteiger partial charge in [0.05, 0.1) is 0 Å². The predicted octanol–water partition coefficient (Wildman–Crippen LogP) is 3.94. The summed E-state index contributed by atoms with van der Waals surface area (Å²) in [6.45, 7) is 5.67. The molecule has 0 atom stereocenters. The van der Waals surface area contributed by atoms with E-state index in [0.717, 1.165) is 19.6 Å². The Morgan fingerprint density at radius 3 is 2.67 bits per heavy atom. The molecule has 1 aliphatic heterocycles. The molecule has 1 aromatic rings. The van der Waals surface area contributed by atoms with Crippen molar-refractivity contribution in [2.24, 2.45) is 4.99 Å². The van der Waals surface area contributed by atoms with Crippen LogP contribution in [-0.2, 0) is 4.74 Å². The molecule has 2 nitrogen and oxygen atoms in total. The Labute approximate surface area is 109 Å². The van der Waals surface area contributed by atoms with Gasteiger partial charge in [-0.1, -0.05) is 24.3 Å². The van der Waals surface area contributed by atoms with Crippen LogP contribution in [0.15, 0.2) is 41.0 Å². The Balaban J connectivity index is 0.000000209. The summed E-state index contributed by atoms with van der Waals surface area (Å²) in [6, 6.07) is 8.47. The molecule has 0 fully saturated rings. The molecule has 0 radical (unpaired) electrons. The van der Waals surface area contributed by atoms with Gasteiger partial charge in [-0.15, -0.1) is 0 Å². The van der Waals surface area contributed by atoms with E-state index >= 15 is 0 Å². The van der Waals surface area contributed by atoms with Crippen LogP contribution >= 0.6 is 0 Å². The van der Waals surface area contributed by atoms with E-state index in [1.807, 2.05) is 20.1 Å². The molecule has 0 unspecified atom stereocenters. The van der Waals surface area contributed by atoms with Crippen LogP contribution in [0.4, 0.5) is 0 Å². The Kier molecular flexibility index (Phi) is 4.48. The molecule has 0 aromatic heterocycles. The van der Waals surface area contributed by atoms with E-state index in [4.69, 9.17) is 4.74 Å². The van der Waals surface area contributed by atoms with Crippen LogP contribution in [0.25, 0.3) is 11.6 Å². The fourth-order valence-corrected chi connectivity index (χ4v) is 2.09. The first-order chi connectivity index (χ1) is 8.85. The van der Waals surface area contributed by atoms with Crippen LogP contribution in [0.3, 0.4) is 0 Å². The Bertz CT molecular complexity index is 496. The summed E-state index contributed by atoms with van der Waals surface area (Å²) in [6.07, 6.45) is 7.16. The van der Waals surface area contributed by atoms with E-state index in [-0.39, 0.29) is 0 Å². The zero-order chi connectivity index (χ0) is 12.8. The lowest BCUT2D eigenvalue weighted by atomic mass is 9.89. The summed E-state index contributed by atoms with van der Waals surface area (Å²) >= 11 is 0. The third-order valence-electron chi connectivity index (χ3n) is 2.92. The lowest BCUT2D eigenvalue weighted by Crippen LogP contribution is -2.00. The first-order valence-corrected chi connectivity index (χ1v) is 6.46. The highest BCUT2D eigenvalue weighted by Gasteiger charge is 2.15. The highest BCUT2D eigenvalue weighted by atomic mass is 16.5. The van der Waals surface area contributed by atoms with Gasteiger partial charge >= 0.3 is 0 Å². The number of ether oxygens (including phenoxy) is 1. The van der Waals surface area contributed by atoms with Crippen molar-refractivity contribution in [3.63, 3.8) is 0 Å². The maximum absolute atomic E-state index is 4.83. The molecule has 18 heavy (non-hydrogen) atoms. The van der Waals surface area contributed by atoms with Gasteiger partial charge in [-0.2, -0.15) is 0 Å². The number of nitrogens with zero attached hydrogens (tertiary/aromatic N) is 1. The molecule has 0 amide bonds. The highest BCUT2D eigenvalue weighted by molar-refractivity contribution is 5.93.